The van der Waals surface area contributed by atoms with Crippen LogP contribution in [0.2, 0.25) is 0 Å². The molecular weight excluding hydrogens is 200 g/mol. The predicted molar refractivity (Wildman–Crippen MR) is 65.3 cm³/mol. The Kier molecular flexibility index (Phi) is 3.30. The lowest BCUT2D eigenvalue weighted by Gasteiger charge is -2.42. The van der Waals surface area contributed by atoms with Crippen molar-refractivity contribution < 1.29 is 0 Å². The number of rotatable bonds is 3. The van der Waals surface area contributed by atoms with Crippen LogP contribution >= 0.6 is 0 Å². The summed E-state index contributed by atoms with van der Waals surface area (Å²) in [6.45, 7) is 11.9. The number of aryl methyl sites for hydroxylation is 1. The van der Waals surface area contributed by atoms with Crippen LogP contribution in [-0.2, 0) is 13.1 Å². The smallest absolute Gasteiger partial charge is 0.0534 e. The van der Waals surface area contributed by atoms with Crippen molar-refractivity contribution in [2.75, 3.05) is 19.6 Å². The van der Waals surface area contributed by atoms with Crippen LogP contribution in [-0.4, -0.2) is 39.9 Å². The van der Waals surface area contributed by atoms with E-state index in [9.17, 15) is 0 Å². The molecule has 0 bridgehead atoms. The lowest BCUT2D eigenvalue weighted by atomic mass is 10.00. The quantitative estimate of drug-likeness (QED) is 0.831. The first-order valence-electron chi connectivity index (χ1n) is 6.09. The second kappa shape index (κ2) is 4.55. The molecule has 2 heterocycles. The van der Waals surface area contributed by atoms with E-state index in [1.54, 1.807) is 0 Å². The van der Waals surface area contributed by atoms with Crippen molar-refractivity contribution in [2.45, 2.75) is 39.4 Å². The van der Waals surface area contributed by atoms with Crippen LogP contribution in [0.5, 0.6) is 0 Å². The maximum Gasteiger partial charge on any atom is 0.0534 e. The van der Waals surface area contributed by atoms with Gasteiger partial charge in [-0.05, 0) is 20.8 Å². The third kappa shape index (κ3) is 2.44. The maximum absolute atomic E-state index is 4.32. The van der Waals surface area contributed by atoms with Gasteiger partial charge in [-0.25, -0.2) is 0 Å². The molecule has 0 spiro atoms. The Bertz CT molecular complexity index is 343. The van der Waals surface area contributed by atoms with E-state index in [0.717, 1.165) is 32.7 Å². The largest absolute Gasteiger partial charge is 0.314 e. The number of hydrogen-bond donors (Lipinski definition) is 1. The van der Waals surface area contributed by atoms with E-state index in [2.05, 4.69) is 42.3 Å². The molecule has 1 aromatic heterocycles. The van der Waals surface area contributed by atoms with Crippen molar-refractivity contribution in [3.8, 4) is 0 Å². The van der Waals surface area contributed by atoms with Gasteiger partial charge in [0.2, 0.25) is 0 Å². The van der Waals surface area contributed by atoms with Gasteiger partial charge in [-0.1, -0.05) is 0 Å². The molecule has 0 unspecified atom stereocenters. The Balaban J connectivity index is 2.02. The van der Waals surface area contributed by atoms with E-state index >= 15 is 0 Å². The molecule has 4 nitrogen and oxygen atoms in total. The van der Waals surface area contributed by atoms with Gasteiger partial charge in [0, 0.05) is 50.0 Å². The maximum atomic E-state index is 4.32. The van der Waals surface area contributed by atoms with Crippen molar-refractivity contribution in [3.05, 3.63) is 18.0 Å². The third-order valence-corrected chi connectivity index (χ3v) is 3.36. The average molecular weight is 222 g/mol. The zero-order chi connectivity index (χ0) is 11.6. The monoisotopic (exact) mass is 222 g/mol. The molecule has 0 aromatic carbocycles. The van der Waals surface area contributed by atoms with Crippen LogP contribution in [0.25, 0.3) is 0 Å². The fraction of sp³-hybridized carbons (Fsp3) is 0.750. The van der Waals surface area contributed by atoms with Gasteiger partial charge in [-0.15, -0.1) is 0 Å². The van der Waals surface area contributed by atoms with Gasteiger partial charge in [0.25, 0.3) is 0 Å². The van der Waals surface area contributed by atoms with E-state index in [4.69, 9.17) is 0 Å². The number of nitrogens with one attached hydrogen (secondary N) is 1. The molecule has 1 aliphatic heterocycles. The Hall–Kier alpha value is -0.870. The predicted octanol–water partition coefficient (Wildman–Crippen LogP) is 1.09. The number of hydrogen-bond acceptors (Lipinski definition) is 3. The average Bonchev–Trinajstić information content (AvgIpc) is 2.69. The summed E-state index contributed by atoms with van der Waals surface area (Å²) in [4.78, 5) is 2.53. The first-order valence-corrected chi connectivity index (χ1v) is 6.09. The lowest BCUT2D eigenvalue weighted by molar-refractivity contribution is 0.0827. The summed E-state index contributed by atoms with van der Waals surface area (Å²) in [5, 5.41) is 7.77. The van der Waals surface area contributed by atoms with E-state index in [1.165, 1.54) is 5.56 Å². The molecule has 1 N–H and O–H groups in total. The summed E-state index contributed by atoms with van der Waals surface area (Å²) in [5.41, 5.74) is 1.56. The zero-order valence-electron chi connectivity index (χ0n) is 10.5. The van der Waals surface area contributed by atoms with Crippen LogP contribution in [0.3, 0.4) is 0 Å². The van der Waals surface area contributed by atoms with Crippen LogP contribution in [0.1, 0.15) is 26.3 Å². The minimum atomic E-state index is 0.243. The minimum absolute atomic E-state index is 0.243. The molecule has 0 aliphatic carbocycles. The molecule has 16 heavy (non-hydrogen) atoms. The van der Waals surface area contributed by atoms with Crippen molar-refractivity contribution in [1.82, 2.24) is 20.0 Å². The Labute approximate surface area is 97.6 Å². The molecule has 2 rings (SSSR count). The molecule has 1 aliphatic rings. The highest BCUT2D eigenvalue weighted by Gasteiger charge is 2.29. The summed E-state index contributed by atoms with van der Waals surface area (Å²) in [6, 6.07) is 0. The van der Waals surface area contributed by atoms with Crippen LogP contribution in [0.15, 0.2) is 12.4 Å². The third-order valence-electron chi connectivity index (χ3n) is 3.36. The zero-order valence-corrected chi connectivity index (χ0v) is 10.5. The van der Waals surface area contributed by atoms with Gasteiger partial charge in [0.1, 0.15) is 0 Å². The highest BCUT2D eigenvalue weighted by Crippen LogP contribution is 2.19. The minimum Gasteiger partial charge on any atom is -0.314 e. The second-order valence-electron chi connectivity index (χ2n) is 5.12. The summed E-state index contributed by atoms with van der Waals surface area (Å²) in [5.74, 6) is 0. The Morgan fingerprint density at radius 2 is 2.31 bits per heavy atom. The molecule has 0 saturated carbocycles. The van der Waals surface area contributed by atoms with Gasteiger partial charge in [-0.3, -0.25) is 9.58 Å². The molecular formula is C12H22N4. The molecule has 0 amide bonds. The summed E-state index contributed by atoms with van der Waals surface area (Å²) < 4.78 is 1.99. The van der Waals surface area contributed by atoms with Crippen LogP contribution < -0.4 is 5.32 Å². The van der Waals surface area contributed by atoms with Crippen molar-refractivity contribution in [2.24, 2.45) is 0 Å². The van der Waals surface area contributed by atoms with Crippen molar-refractivity contribution in [3.63, 3.8) is 0 Å². The topological polar surface area (TPSA) is 33.1 Å². The SMILES string of the molecule is CCn1cc(CN2CCNCC2(C)C)cn1. The highest BCUT2D eigenvalue weighted by molar-refractivity contribution is 5.05. The van der Waals surface area contributed by atoms with E-state index in [1.807, 2.05) is 10.9 Å². The van der Waals surface area contributed by atoms with E-state index in [0.29, 0.717) is 0 Å². The number of nitrogens with zero attached hydrogens (tertiary/aromatic N) is 3. The molecule has 1 fully saturated rings. The molecule has 1 saturated heterocycles. The summed E-state index contributed by atoms with van der Waals surface area (Å²) in [6.07, 6.45) is 4.14. The van der Waals surface area contributed by atoms with Gasteiger partial charge < -0.3 is 5.32 Å². The van der Waals surface area contributed by atoms with Crippen LogP contribution in [0, 0.1) is 0 Å². The highest BCUT2D eigenvalue weighted by atomic mass is 15.3. The molecule has 0 atom stereocenters. The number of piperazine rings is 1. The number of aromatic nitrogens is 2. The van der Waals surface area contributed by atoms with Crippen molar-refractivity contribution in [1.29, 1.82) is 0 Å². The first kappa shape index (κ1) is 11.6. The van der Waals surface area contributed by atoms with E-state index < -0.39 is 0 Å². The second-order valence-corrected chi connectivity index (χ2v) is 5.12. The molecule has 90 valence electrons. The Morgan fingerprint density at radius 1 is 1.50 bits per heavy atom. The summed E-state index contributed by atoms with van der Waals surface area (Å²) >= 11 is 0. The molecule has 1 aromatic rings. The van der Waals surface area contributed by atoms with Gasteiger partial charge in [0.15, 0.2) is 0 Å². The standard InChI is InChI=1S/C12H22N4/c1-4-16-9-11(7-14-16)8-15-6-5-13-10-12(15,2)3/h7,9,13H,4-6,8,10H2,1-3H3. The molecule has 4 heteroatoms. The molecule has 0 radical (unpaired) electrons. The fourth-order valence-corrected chi connectivity index (χ4v) is 2.20. The van der Waals surface area contributed by atoms with Gasteiger partial charge in [0.05, 0.1) is 6.20 Å². The lowest BCUT2D eigenvalue weighted by Crippen LogP contribution is -2.57. The first-order chi connectivity index (χ1) is 7.62. The Morgan fingerprint density at radius 3 is 2.94 bits per heavy atom. The fourth-order valence-electron chi connectivity index (χ4n) is 2.20. The van der Waals surface area contributed by atoms with Gasteiger partial charge >= 0.3 is 0 Å². The van der Waals surface area contributed by atoms with E-state index in [-0.39, 0.29) is 5.54 Å². The van der Waals surface area contributed by atoms with Gasteiger partial charge in [-0.2, -0.15) is 5.10 Å². The summed E-state index contributed by atoms with van der Waals surface area (Å²) in [7, 11) is 0. The normalized spacial score (nSPS) is 21.2. The van der Waals surface area contributed by atoms with Crippen molar-refractivity contribution >= 4 is 0 Å². The van der Waals surface area contributed by atoms with Crippen LogP contribution in [0.4, 0.5) is 0 Å².